The Morgan fingerprint density at radius 1 is 0.542 bits per heavy atom. The average Bonchev–Trinajstić information content (AvgIpc) is 3.92. The number of nitrogens with zero attached hydrogens (tertiary/aromatic N) is 2. The highest BCUT2D eigenvalue weighted by Crippen LogP contribution is 2.58. The Balaban J connectivity index is 0.976. The van der Waals surface area contributed by atoms with Crippen LogP contribution < -0.4 is 16.4 Å². The molecule has 3 aliphatic carbocycles. The van der Waals surface area contributed by atoms with E-state index in [1.165, 1.54) is 105 Å². The number of allylic oxidation sites excluding steroid dienone is 7. The topological polar surface area (TPSA) is 17.3 Å². The van der Waals surface area contributed by atoms with Crippen LogP contribution in [0.1, 0.15) is 27.8 Å². The van der Waals surface area contributed by atoms with E-state index in [-0.39, 0.29) is 18.7 Å². The Labute approximate surface area is 343 Å². The molecule has 3 aliphatic heterocycles. The minimum absolute atomic E-state index is 0.00877. The molecule has 0 saturated heterocycles. The lowest BCUT2D eigenvalue weighted by atomic mass is 9.32. The monoisotopic (exact) mass is 746 g/mol. The van der Waals surface area contributed by atoms with Gasteiger partial charge in [0.1, 0.15) is 6.04 Å². The number of hydrogen-bond acceptors (Lipinski definition) is 1. The normalized spacial score (nSPS) is 20.7. The van der Waals surface area contributed by atoms with Crippen molar-refractivity contribution in [1.29, 1.82) is 0 Å². The zero-order valence-corrected chi connectivity index (χ0v) is 32.2. The summed E-state index contributed by atoms with van der Waals surface area (Å²) in [6.45, 7) is 0.129. The van der Waals surface area contributed by atoms with E-state index in [9.17, 15) is 0 Å². The maximum atomic E-state index is 5.35. The molecular formula is C56H35BN2. The predicted molar refractivity (Wildman–Crippen MR) is 246 cm³/mol. The molecule has 0 bridgehead atoms. The molecule has 59 heavy (non-hydrogen) atoms. The van der Waals surface area contributed by atoms with Gasteiger partial charge in [-0.2, -0.15) is 0 Å². The predicted octanol–water partition coefficient (Wildman–Crippen LogP) is 10.4. The summed E-state index contributed by atoms with van der Waals surface area (Å²) < 4.78 is 2.46. The van der Waals surface area contributed by atoms with Gasteiger partial charge in [0.25, 0.3) is 0 Å². The van der Waals surface area contributed by atoms with Gasteiger partial charge in [-0.15, -0.1) is 0 Å². The Morgan fingerprint density at radius 3 is 2.17 bits per heavy atom. The molecule has 0 saturated carbocycles. The van der Waals surface area contributed by atoms with Gasteiger partial charge < -0.3 is 4.57 Å². The third kappa shape index (κ3) is 4.00. The number of rotatable bonds is 2. The summed E-state index contributed by atoms with van der Waals surface area (Å²) in [5.74, 6) is 0.246. The van der Waals surface area contributed by atoms with Gasteiger partial charge in [0.05, 0.1) is 16.4 Å². The van der Waals surface area contributed by atoms with Crippen LogP contribution in [-0.4, -0.2) is 23.0 Å². The minimum atomic E-state index is -0.454. The van der Waals surface area contributed by atoms with E-state index in [0.29, 0.717) is 0 Å². The largest absolute Gasteiger partial charge is 0.309 e. The Morgan fingerprint density at radius 2 is 1.29 bits per heavy atom. The summed E-state index contributed by atoms with van der Waals surface area (Å²) in [6, 6.07) is 57.8. The Kier molecular flexibility index (Phi) is 6.18. The lowest BCUT2D eigenvalue weighted by Crippen LogP contribution is -2.59. The molecule has 3 unspecified atom stereocenters. The fraction of sp³-hybridized carbons (Fsp3) is 0.0536. The third-order valence-corrected chi connectivity index (χ3v) is 14.2. The fourth-order valence-electron chi connectivity index (χ4n) is 11.9. The molecule has 3 atom stereocenters. The first kappa shape index (κ1) is 31.8. The molecule has 272 valence electrons. The number of fused-ring (bicyclic) bond motifs is 17. The van der Waals surface area contributed by atoms with E-state index in [1.807, 2.05) is 0 Å². The SMILES string of the molecule is C1=CC2=CC3C=CC=CC3=NC2C(c2ccc3c(c2)-c2ccccc2C32c3ccccc3B3c4cc(-n5c6ccccc6c6ccccc65)ccc4-c4cccc2c43)=C1. The second kappa shape index (κ2) is 11.5. The van der Waals surface area contributed by atoms with Crippen LogP contribution in [0.2, 0.25) is 0 Å². The molecule has 8 aromatic rings. The second-order valence-corrected chi connectivity index (χ2v) is 16.9. The molecule has 6 aliphatic rings. The molecule has 1 aromatic heterocycles. The van der Waals surface area contributed by atoms with Crippen LogP contribution >= 0.6 is 0 Å². The van der Waals surface area contributed by atoms with Crippen molar-refractivity contribution in [2.45, 2.75) is 11.5 Å². The first-order valence-electron chi connectivity index (χ1n) is 20.9. The maximum Gasteiger partial charge on any atom is 0.243 e. The molecule has 0 fully saturated rings. The van der Waals surface area contributed by atoms with Gasteiger partial charge in [0.15, 0.2) is 0 Å². The van der Waals surface area contributed by atoms with Crippen LogP contribution in [0.4, 0.5) is 0 Å². The van der Waals surface area contributed by atoms with E-state index < -0.39 is 5.41 Å². The minimum Gasteiger partial charge on any atom is -0.309 e. The summed E-state index contributed by atoms with van der Waals surface area (Å²) in [5, 5.41) is 2.57. The van der Waals surface area contributed by atoms with Crippen molar-refractivity contribution in [2.24, 2.45) is 10.9 Å². The van der Waals surface area contributed by atoms with Gasteiger partial charge in [0, 0.05) is 28.1 Å². The number of aromatic nitrogens is 1. The van der Waals surface area contributed by atoms with Gasteiger partial charge in [-0.25, -0.2) is 0 Å². The van der Waals surface area contributed by atoms with Crippen molar-refractivity contribution in [3.63, 3.8) is 0 Å². The quantitative estimate of drug-likeness (QED) is 0.157. The molecule has 1 spiro atoms. The summed E-state index contributed by atoms with van der Waals surface area (Å²) in [6.07, 6.45) is 17.8. The van der Waals surface area contributed by atoms with Gasteiger partial charge in [-0.1, -0.05) is 180 Å². The van der Waals surface area contributed by atoms with Crippen molar-refractivity contribution >= 4 is 56.2 Å². The number of aliphatic imine (C=N–C) groups is 1. The zero-order valence-electron chi connectivity index (χ0n) is 32.2. The summed E-state index contributed by atoms with van der Waals surface area (Å²) >= 11 is 0. The number of benzene rings is 7. The molecule has 14 rings (SSSR count). The Hall–Kier alpha value is -7.23. The number of hydrogen-bond donors (Lipinski definition) is 0. The zero-order chi connectivity index (χ0) is 38.4. The van der Waals surface area contributed by atoms with Crippen LogP contribution in [0.15, 0.2) is 211 Å². The average molecular weight is 747 g/mol. The van der Waals surface area contributed by atoms with Crippen molar-refractivity contribution in [1.82, 2.24) is 4.57 Å². The fourth-order valence-corrected chi connectivity index (χ4v) is 11.9. The maximum absolute atomic E-state index is 5.35. The lowest BCUT2D eigenvalue weighted by Gasteiger charge is -2.42. The van der Waals surface area contributed by atoms with Crippen LogP contribution in [0.3, 0.4) is 0 Å². The van der Waals surface area contributed by atoms with Gasteiger partial charge >= 0.3 is 0 Å². The van der Waals surface area contributed by atoms with Crippen molar-refractivity contribution < 1.29 is 0 Å². The molecule has 4 heterocycles. The van der Waals surface area contributed by atoms with Gasteiger partial charge in [0.2, 0.25) is 6.71 Å². The van der Waals surface area contributed by atoms with E-state index in [2.05, 4.69) is 205 Å². The molecule has 7 aromatic carbocycles. The summed E-state index contributed by atoms with van der Waals surface area (Å²) in [5.41, 5.74) is 23.2. The van der Waals surface area contributed by atoms with Crippen molar-refractivity contribution in [3.05, 3.63) is 234 Å². The van der Waals surface area contributed by atoms with E-state index in [1.54, 1.807) is 0 Å². The van der Waals surface area contributed by atoms with Gasteiger partial charge in [-0.05, 0) is 97.6 Å². The van der Waals surface area contributed by atoms with Crippen LogP contribution in [0.25, 0.3) is 55.3 Å². The van der Waals surface area contributed by atoms with Crippen molar-refractivity contribution in [2.75, 3.05) is 0 Å². The Bertz CT molecular complexity index is 3370. The first-order valence-corrected chi connectivity index (χ1v) is 20.9. The molecule has 0 N–H and O–H groups in total. The van der Waals surface area contributed by atoms with E-state index >= 15 is 0 Å². The van der Waals surface area contributed by atoms with Gasteiger partial charge in [-0.3, -0.25) is 4.99 Å². The smallest absolute Gasteiger partial charge is 0.243 e. The number of para-hydroxylation sites is 2. The number of dihydropyridines is 1. The lowest BCUT2D eigenvalue weighted by molar-refractivity contribution is 0.775. The van der Waals surface area contributed by atoms with Crippen LogP contribution in [-0.2, 0) is 5.41 Å². The van der Waals surface area contributed by atoms with E-state index in [4.69, 9.17) is 4.99 Å². The molecular weight excluding hydrogens is 711 g/mol. The molecule has 3 heteroatoms. The highest BCUT2D eigenvalue weighted by molar-refractivity contribution is 7.00. The third-order valence-electron chi connectivity index (χ3n) is 14.2. The molecule has 2 nitrogen and oxygen atoms in total. The summed E-state index contributed by atoms with van der Waals surface area (Å²) in [7, 11) is 0. The highest BCUT2D eigenvalue weighted by Gasteiger charge is 2.54. The second-order valence-electron chi connectivity index (χ2n) is 16.9. The van der Waals surface area contributed by atoms with Crippen molar-refractivity contribution in [3.8, 4) is 27.9 Å². The molecule has 0 amide bonds. The summed E-state index contributed by atoms with van der Waals surface area (Å²) in [4.78, 5) is 5.35. The highest BCUT2D eigenvalue weighted by atomic mass is 15.0. The van der Waals surface area contributed by atoms with Crippen LogP contribution in [0.5, 0.6) is 0 Å². The standard InChI is InChI=1S/C56H35BN2/c1-8-24-51-35(13-1)31-36-14-11-18-38(55(36)58-51)34-27-30-46-44(32-34)39-15-2-5-20-45(39)56(46)47-21-6-7-23-49(47)57-50-33-37(28-29-40(50)43-19-12-22-48(56)54(43)57)59-52-25-9-3-16-41(52)42-17-4-10-26-53(42)59/h1-33,35,55H. The van der Waals surface area contributed by atoms with Crippen LogP contribution in [0, 0.1) is 5.92 Å². The molecule has 0 radical (unpaired) electrons. The van der Waals surface area contributed by atoms with E-state index in [0.717, 1.165) is 5.71 Å². The first-order chi connectivity index (χ1) is 29.3.